The van der Waals surface area contributed by atoms with Crippen molar-refractivity contribution < 1.29 is 4.79 Å². The Morgan fingerprint density at radius 2 is 2.12 bits per heavy atom. The second kappa shape index (κ2) is 8.09. The standard InChI is InChI=1S/C20H27N3OS/c1-4-15-8-10-16(11-9-15)17-13-21-19(22-17)18-7-5-6-12-23(18)20(24)14(2)25-3/h8-11,13-14,18H,4-7,12H2,1-3H3,(H,21,22). The molecule has 4 nitrogen and oxygen atoms in total. The van der Waals surface area contributed by atoms with E-state index in [0.717, 1.165) is 49.3 Å². The molecule has 0 radical (unpaired) electrons. The minimum atomic E-state index is -0.00313. The van der Waals surface area contributed by atoms with Gasteiger partial charge in [0, 0.05) is 6.54 Å². The molecule has 2 unspecified atom stereocenters. The number of carbonyl (C=O) groups is 1. The molecular formula is C20H27N3OS. The second-order valence-corrected chi connectivity index (χ2v) is 7.83. The van der Waals surface area contributed by atoms with Crippen LogP contribution in [0.3, 0.4) is 0 Å². The first-order valence-corrected chi connectivity index (χ1v) is 10.4. The maximum absolute atomic E-state index is 12.7. The number of imidazole rings is 1. The Morgan fingerprint density at radius 3 is 2.80 bits per heavy atom. The average molecular weight is 358 g/mol. The minimum absolute atomic E-state index is 0.00313. The number of thioether (sulfide) groups is 1. The lowest BCUT2D eigenvalue weighted by molar-refractivity contribution is -0.134. The van der Waals surface area contributed by atoms with Gasteiger partial charge in [-0.3, -0.25) is 4.79 Å². The fourth-order valence-corrected chi connectivity index (χ4v) is 3.72. The first-order valence-electron chi connectivity index (χ1n) is 9.11. The van der Waals surface area contributed by atoms with Crippen molar-refractivity contribution >= 4 is 17.7 Å². The van der Waals surface area contributed by atoms with Crippen LogP contribution in [0.25, 0.3) is 11.3 Å². The summed E-state index contributed by atoms with van der Waals surface area (Å²) in [7, 11) is 0. The lowest BCUT2D eigenvalue weighted by Gasteiger charge is -2.36. The number of aromatic amines is 1. The summed E-state index contributed by atoms with van der Waals surface area (Å²) < 4.78 is 0. The summed E-state index contributed by atoms with van der Waals surface area (Å²) >= 11 is 1.61. The van der Waals surface area contributed by atoms with E-state index in [9.17, 15) is 4.79 Å². The molecule has 0 saturated carbocycles. The highest BCUT2D eigenvalue weighted by Gasteiger charge is 2.32. The van der Waals surface area contributed by atoms with Crippen LogP contribution in [-0.4, -0.2) is 38.8 Å². The molecule has 1 saturated heterocycles. The monoisotopic (exact) mass is 357 g/mol. The molecule has 25 heavy (non-hydrogen) atoms. The zero-order chi connectivity index (χ0) is 17.8. The van der Waals surface area contributed by atoms with Crippen LogP contribution in [0.15, 0.2) is 30.5 Å². The number of aromatic nitrogens is 2. The van der Waals surface area contributed by atoms with Crippen molar-refractivity contribution in [2.45, 2.75) is 50.8 Å². The van der Waals surface area contributed by atoms with Gasteiger partial charge in [-0.1, -0.05) is 31.2 Å². The predicted molar refractivity (Wildman–Crippen MR) is 105 cm³/mol. The summed E-state index contributed by atoms with van der Waals surface area (Å²) in [6.45, 7) is 4.98. The lowest BCUT2D eigenvalue weighted by atomic mass is 10.0. The molecule has 1 aliphatic rings. The number of H-pyrrole nitrogens is 1. The van der Waals surface area contributed by atoms with Gasteiger partial charge in [0.2, 0.25) is 5.91 Å². The molecule has 0 aliphatic carbocycles. The molecule has 1 aliphatic heterocycles. The van der Waals surface area contributed by atoms with Crippen LogP contribution in [0.2, 0.25) is 0 Å². The molecule has 2 atom stereocenters. The van der Waals surface area contributed by atoms with Crippen LogP contribution >= 0.6 is 11.8 Å². The molecule has 1 aromatic heterocycles. The predicted octanol–water partition coefficient (Wildman–Crippen LogP) is 4.44. The number of amides is 1. The molecule has 2 heterocycles. The van der Waals surface area contributed by atoms with Crippen LogP contribution in [-0.2, 0) is 11.2 Å². The molecule has 1 N–H and O–H groups in total. The van der Waals surface area contributed by atoms with Gasteiger partial charge in [0.25, 0.3) is 0 Å². The van der Waals surface area contributed by atoms with Crippen molar-refractivity contribution in [2.75, 3.05) is 12.8 Å². The van der Waals surface area contributed by atoms with Crippen molar-refractivity contribution in [3.8, 4) is 11.3 Å². The van der Waals surface area contributed by atoms with Gasteiger partial charge in [0.15, 0.2) is 0 Å². The maximum Gasteiger partial charge on any atom is 0.236 e. The molecule has 1 fully saturated rings. The number of hydrogen-bond acceptors (Lipinski definition) is 3. The quantitative estimate of drug-likeness (QED) is 0.860. The van der Waals surface area contributed by atoms with Gasteiger partial charge in [-0.25, -0.2) is 4.98 Å². The highest BCUT2D eigenvalue weighted by atomic mass is 32.2. The first kappa shape index (κ1) is 18.1. The normalized spacial score (nSPS) is 19.0. The Hall–Kier alpha value is -1.75. The van der Waals surface area contributed by atoms with Gasteiger partial charge in [0.05, 0.1) is 23.2 Å². The Balaban J connectivity index is 1.82. The van der Waals surface area contributed by atoms with Gasteiger partial charge in [0.1, 0.15) is 5.82 Å². The lowest BCUT2D eigenvalue weighted by Crippen LogP contribution is -2.42. The maximum atomic E-state index is 12.7. The number of nitrogens with zero attached hydrogens (tertiary/aromatic N) is 2. The van der Waals surface area contributed by atoms with Gasteiger partial charge in [-0.05, 0) is 50.0 Å². The molecule has 1 aromatic carbocycles. The molecular weight excluding hydrogens is 330 g/mol. The molecule has 5 heteroatoms. The number of likely N-dealkylation sites (tertiary alicyclic amines) is 1. The van der Waals surface area contributed by atoms with Crippen LogP contribution in [0.5, 0.6) is 0 Å². The van der Waals surface area contributed by atoms with Gasteiger partial charge in [-0.2, -0.15) is 11.8 Å². The number of carbonyl (C=O) groups excluding carboxylic acids is 1. The van der Waals surface area contributed by atoms with Crippen molar-refractivity contribution in [3.63, 3.8) is 0 Å². The zero-order valence-electron chi connectivity index (χ0n) is 15.3. The fourth-order valence-electron chi connectivity index (χ4n) is 3.39. The van der Waals surface area contributed by atoms with Crippen molar-refractivity contribution in [2.24, 2.45) is 0 Å². The summed E-state index contributed by atoms with van der Waals surface area (Å²) in [5.74, 6) is 1.14. The molecule has 2 aromatic rings. The van der Waals surface area contributed by atoms with E-state index in [1.165, 1.54) is 5.56 Å². The minimum Gasteiger partial charge on any atom is -0.340 e. The topological polar surface area (TPSA) is 49.0 Å². The number of hydrogen-bond donors (Lipinski definition) is 1. The van der Waals surface area contributed by atoms with Gasteiger partial charge < -0.3 is 9.88 Å². The highest BCUT2D eigenvalue weighted by molar-refractivity contribution is 7.99. The second-order valence-electron chi connectivity index (χ2n) is 6.65. The largest absolute Gasteiger partial charge is 0.340 e. The van der Waals surface area contributed by atoms with Crippen LogP contribution < -0.4 is 0 Å². The van der Waals surface area contributed by atoms with Gasteiger partial charge >= 0.3 is 0 Å². The van der Waals surface area contributed by atoms with Gasteiger partial charge in [-0.15, -0.1) is 0 Å². The summed E-state index contributed by atoms with van der Waals surface area (Å²) in [6, 6.07) is 8.66. The van der Waals surface area contributed by atoms with Crippen LogP contribution in [0, 0.1) is 0 Å². The van der Waals surface area contributed by atoms with E-state index in [4.69, 9.17) is 0 Å². The summed E-state index contributed by atoms with van der Waals surface area (Å²) in [5, 5.41) is -0.00313. The number of nitrogens with one attached hydrogen (secondary N) is 1. The van der Waals surface area contributed by atoms with E-state index in [1.54, 1.807) is 11.8 Å². The van der Waals surface area contributed by atoms with Crippen molar-refractivity contribution in [1.82, 2.24) is 14.9 Å². The first-order chi connectivity index (χ1) is 12.1. The summed E-state index contributed by atoms with van der Waals surface area (Å²) in [5.41, 5.74) is 3.49. The highest BCUT2D eigenvalue weighted by Crippen LogP contribution is 2.32. The SMILES string of the molecule is CCc1ccc(-c2cnc(C3CCCCN3C(=O)C(C)SC)[nH]2)cc1. The van der Waals surface area contributed by atoms with E-state index in [1.807, 2.05) is 24.3 Å². The Kier molecular flexibility index (Phi) is 5.84. The van der Waals surface area contributed by atoms with Crippen molar-refractivity contribution in [1.29, 1.82) is 0 Å². The van der Waals surface area contributed by atoms with E-state index in [-0.39, 0.29) is 17.2 Å². The number of piperidine rings is 1. The zero-order valence-corrected chi connectivity index (χ0v) is 16.1. The molecule has 1 amide bonds. The molecule has 0 spiro atoms. The molecule has 134 valence electrons. The molecule has 0 bridgehead atoms. The van der Waals surface area contributed by atoms with Crippen molar-refractivity contribution in [3.05, 3.63) is 41.9 Å². The average Bonchev–Trinajstić information content (AvgIpc) is 3.17. The van der Waals surface area contributed by atoms with E-state index < -0.39 is 0 Å². The fraction of sp³-hybridized carbons (Fsp3) is 0.500. The van der Waals surface area contributed by atoms with Crippen LogP contribution in [0.1, 0.15) is 50.5 Å². The smallest absolute Gasteiger partial charge is 0.236 e. The summed E-state index contributed by atoms with van der Waals surface area (Å²) in [4.78, 5) is 22.8. The number of aryl methyl sites for hydroxylation is 1. The number of rotatable bonds is 5. The Morgan fingerprint density at radius 1 is 1.36 bits per heavy atom. The number of benzene rings is 1. The Bertz CT molecular complexity index is 710. The van der Waals surface area contributed by atoms with Crippen LogP contribution in [0.4, 0.5) is 0 Å². The van der Waals surface area contributed by atoms with E-state index in [0.29, 0.717) is 0 Å². The third-order valence-corrected chi connectivity index (χ3v) is 5.98. The Labute approximate surface area is 154 Å². The molecule has 3 rings (SSSR count). The van der Waals surface area contributed by atoms with E-state index in [2.05, 4.69) is 41.2 Å². The summed E-state index contributed by atoms with van der Waals surface area (Å²) in [6.07, 6.45) is 8.13. The third kappa shape index (κ3) is 3.92. The van der Waals surface area contributed by atoms with E-state index >= 15 is 0 Å². The third-order valence-electron chi connectivity index (χ3n) is 5.07.